The molecule has 1 aliphatic carbocycles. The molecule has 1 heterocycles. The normalized spacial score (nSPS) is 33.3. The quantitative estimate of drug-likeness (QED) is 0.758. The molecule has 2 nitrogen and oxygen atoms in total. The average Bonchev–Trinajstić information content (AvgIpc) is 2.37. The highest BCUT2D eigenvalue weighted by molar-refractivity contribution is 4.93. The van der Waals surface area contributed by atoms with Crippen molar-refractivity contribution in [2.75, 3.05) is 19.6 Å². The lowest BCUT2D eigenvalue weighted by molar-refractivity contribution is 0.0861. The lowest BCUT2D eigenvalue weighted by Crippen LogP contribution is -2.58. The Morgan fingerprint density at radius 2 is 2.00 bits per heavy atom. The number of nitrogens with zero attached hydrogens (tertiary/aromatic N) is 1. The number of hydrogen-bond acceptors (Lipinski definition) is 2. The van der Waals surface area contributed by atoms with E-state index < -0.39 is 0 Å². The second kappa shape index (κ2) is 6.55. The maximum Gasteiger partial charge on any atom is 0.0252 e. The van der Waals surface area contributed by atoms with Gasteiger partial charge in [0.2, 0.25) is 0 Å². The molecule has 0 bridgehead atoms. The molecular formula is C15H28N2. The Hall–Kier alpha value is -0.340. The van der Waals surface area contributed by atoms with Crippen molar-refractivity contribution in [1.82, 2.24) is 10.2 Å². The van der Waals surface area contributed by atoms with Gasteiger partial charge in [0, 0.05) is 31.7 Å². The fraction of sp³-hybridized carbons (Fsp3) is 0.867. The number of hydrogen-bond donors (Lipinski definition) is 1. The number of piperazine rings is 1. The van der Waals surface area contributed by atoms with Gasteiger partial charge in [-0.2, -0.15) is 0 Å². The Balaban J connectivity index is 1.95. The van der Waals surface area contributed by atoms with Crippen LogP contribution in [0.3, 0.4) is 0 Å². The van der Waals surface area contributed by atoms with E-state index in [1.54, 1.807) is 0 Å². The van der Waals surface area contributed by atoms with Crippen LogP contribution in [0.2, 0.25) is 0 Å². The highest BCUT2D eigenvalue weighted by atomic mass is 15.2. The summed E-state index contributed by atoms with van der Waals surface area (Å²) < 4.78 is 0. The molecule has 17 heavy (non-hydrogen) atoms. The SMILES string of the molecule is C/C=C/CN1CC(C)NCC1C1CCCCC1. The van der Waals surface area contributed by atoms with Crippen LogP contribution in [0.25, 0.3) is 0 Å². The summed E-state index contributed by atoms with van der Waals surface area (Å²) in [6.07, 6.45) is 11.8. The zero-order valence-corrected chi connectivity index (χ0v) is 11.5. The predicted molar refractivity (Wildman–Crippen MR) is 74.2 cm³/mol. The van der Waals surface area contributed by atoms with Gasteiger partial charge in [0.05, 0.1) is 0 Å². The van der Waals surface area contributed by atoms with Crippen LogP contribution >= 0.6 is 0 Å². The van der Waals surface area contributed by atoms with Crippen LogP contribution in [-0.4, -0.2) is 36.6 Å². The van der Waals surface area contributed by atoms with E-state index in [0.29, 0.717) is 6.04 Å². The van der Waals surface area contributed by atoms with Gasteiger partial charge in [-0.15, -0.1) is 0 Å². The third-order valence-electron chi connectivity index (χ3n) is 4.42. The molecule has 1 N–H and O–H groups in total. The maximum atomic E-state index is 3.67. The second-order valence-electron chi connectivity index (χ2n) is 5.80. The van der Waals surface area contributed by atoms with Crippen molar-refractivity contribution < 1.29 is 0 Å². The summed E-state index contributed by atoms with van der Waals surface area (Å²) in [4.78, 5) is 2.71. The van der Waals surface area contributed by atoms with E-state index in [1.165, 1.54) is 45.2 Å². The summed E-state index contributed by atoms with van der Waals surface area (Å²) >= 11 is 0. The zero-order chi connectivity index (χ0) is 12.1. The molecule has 0 aromatic rings. The zero-order valence-electron chi connectivity index (χ0n) is 11.5. The first-order chi connectivity index (χ1) is 8.31. The minimum absolute atomic E-state index is 0.653. The molecule has 2 atom stereocenters. The lowest BCUT2D eigenvalue weighted by Gasteiger charge is -2.44. The first-order valence-electron chi connectivity index (χ1n) is 7.40. The Kier molecular flexibility index (Phi) is 5.05. The van der Waals surface area contributed by atoms with E-state index in [-0.39, 0.29) is 0 Å². The molecule has 98 valence electrons. The van der Waals surface area contributed by atoms with Gasteiger partial charge in [-0.1, -0.05) is 31.4 Å². The van der Waals surface area contributed by atoms with Crippen molar-refractivity contribution in [2.24, 2.45) is 5.92 Å². The van der Waals surface area contributed by atoms with Gasteiger partial charge in [-0.3, -0.25) is 4.90 Å². The molecule has 1 saturated heterocycles. The lowest BCUT2D eigenvalue weighted by atomic mass is 9.82. The van der Waals surface area contributed by atoms with Crippen LogP contribution in [0.5, 0.6) is 0 Å². The molecule has 2 aliphatic rings. The molecule has 0 radical (unpaired) electrons. The fourth-order valence-electron chi connectivity index (χ4n) is 3.44. The molecule has 2 unspecified atom stereocenters. The summed E-state index contributed by atoms with van der Waals surface area (Å²) in [7, 11) is 0. The van der Waals surface area contributed by atoms with Gasteiger partial charge in [-0.25, -0.2) is 0 Å². The van der Waals surface area contributed by atoms with Crippen LogP contribution in [-0.2, 0) is 0 Å². The topological polar surface area (TPSA) is 15.3 Å². The van der Waals surface area contributed by atoms with E-state index in [0.717, 1.165) is 18.5 Å². The summed E-state index contributed by atoms with van der Waals surface area (Å²) in [6.45, 7) is 7.99. The minimum Gasteiger partial charge on any atom is -0.311 e. The third kappa shape index (κ3) is 3.56. The molecule has 1 aliphatic heterocycles. The average molecular weight is 236 g/mol. The van der Waals surface area contributed by atoms with Gasteiger partial charge in [0.25, 0.3) is 0 Å². The standard InChI is InChI=1S/C15H28N2/c1-3-4-10-17-12-13(2)16-11-15(17)14-8-6-5-7-9-14/h3-4,13-16H,5-12H2,1-2H3/b4-3+. The van der Waals surface area contributed by atoms with Crippen LogP contribution in [0.4, 0.5) is 0 Å². The van der Waals surface area contributed by atoms with Crippen molar-refractivity contribution in [3.05, 3.63) is 12.2 Å². The maximum absolute atomic E-state index is 3.67. The molecule has 2 fully saturated rings. The Bertz CT molecular complexity index is 243. The van der Waals surface area contributed by atoms with E-state index >= 15 is 0 Å². The Morgan fingerprint density at radius 3 is 2.71 bits per heavy atom. The van der Waals surface area contributed by atoms with Crippen molar-refractivity contribution in [2.45, 2.75) is 58.0 Å². The number of rotatable bonds is 3. The number of allylic oxidation sites excluding steroid dienone is 1. The van der Waals surface area contributed by atoms with E-state index in [9.17, 15) is 0 Å². The van der Waals surface area contributed by atoms with Gasteiger partial charge < -0.3 is 5.32 Å². The van der Waals surface area contributed by atoms with Crippen LogP contribution in [0.1, 0.15) is 46.0 Å². The Labute approximate surface area is 106 Å². The molecule has 0 aromatic carbocycles. The molecule has 2 heteroatoms. The highest BCUT2D eigenvalue weighted by Crippen LogP contribution is 2.30. The highest BCUT2D eigenvalue weighted by Gasteiger charge is 2.31. The van der Waals surface area contributed by atoms with Crippen LogP contribution in [0, 0.1) is 5.92 Å². The monoisotopic (exact) mass is 236 g/mol. The summed E-state index contributed by atoms with van der Waals surface area (Å²) in [5, 5.41) is 3.67. The van der Waals surface area contributed by atoms with Crippen molar-refractivity contribution in [1.29, 1.82) is 0 Å². The van der Waals surface area contributed by atoms with E-state index in [4.69, 9.17) is 0 Å². The van der Waals surface area contributed by atoms with Gasteiger partial charge in [0.1, 0.15) is 0 Å². The number of nitrogens with one attached hydrogen (secondary N) is 1. The molecule has 0 aromatic heterocycles. The first-order valence-corrected chi connectivity index (χ1v) is 7.40. The largest absolute Gasteiger partial charge is 0.311 e. The third-order valence-corrected chi connectivity index (χ3v) is 4.42. The molecule has 1 saturated carbocycles. The van der Waals surface area contributed by atoms with Crippen LogP contribution in [0.15, 0.2) is 12.2 Å². The van der Waals surface area contributed by atoms with Gasteiger partial charge >= 0.3 is 0 Å². The van der Waals surface area contributed by atoms with Gasteiger partial charge in [0.15, 0.2) is 0 Å². The summed E-state index contributed by atoms with van der Waals surface area (Å²) in [5.41, 5.74) is 0. The van der Waals surface area contributed by atoms with Crippen molar-refractivity contribution in [3.63, 3.8) is 0 Å². The second-order valence-corrected chi connectivity index (χ2v) is 5.80. The smallest absolute Gasteiger partial charge is 0.0252 e. The molecule has 2 rings (SSSR count). The minimum atomic E-state index is 0.653. The van der Waals surface area contributed by atoms with E-state index in [2.05, 4.69) is 36.2 Å². The molecular weight excluding hydrogens is 208 g/mol. The molecule has 0 amide bonds. The van der Waals surface area contributed by atoms with Gasteiger partial charge in [-0.05, 0) is 32.6 Å². The van der Waals surface area contributed by atoms with Crippen molar-refractivity contribution in [3.8, 4) is 0 Å². The molecule has 0 spiro atoms. The predicted octanol–water partition coefficient (Wildman–Crippen LogP) is 2.81. The fourth-order valence-corrected chi connectivity index (χ4v) is 3.44. The van der Waals surface area contributed by atoms with E-state index in [1.807, 2.05) is 0 Å². The Morgan fingerprint density at radius 1 is 1.24 bits per heavy atom. The summed E-state index contributed by atoms with van der Waals surface area (Å²) in [5.74, 6) is 0.939. The van der Waals surface area contributed by atoms with Crippen molar-refractivity contribution >= 4 is 0 Å². The first kappa shape index (κ1) is 13.1. The van der Waals surface area contributed by atoms with Crippen LogP contribution < -0.4 is 5.32 Å². The summed E-state index contributed by atoms with van der Waals surface area (Å²) in [6, 6.07) is 1.43.